The Labute approximate surface area is 188 Å². The van der Waals surface area contributed by atoms with Gasteiger partial charge in [-0.25, -0.2) is 0 Å². The highest BCUT2D eigenvalue weighted by Crippen LogP contribution is 2.36. The van der Waals surface area contributed by atoms with Gasteiger partial charge in [0.05, 0.1) is 16.4 Å². The van der Waals surface area contributed by atoms with Gasteiger partial charge in [0.1, 0.15) is 4.90 Å². The Kier molecular flexibility index (Phi) is 6.81. The fourth-order valence-corrected chi connectivity index (χ4v) is 4.49. The first-order valence-corrected chi connectivity index (χ1v) is 11.3. The second-order valence-corrected chi connectivity index (χ2v) is 9.19. The van der Waals surface area contributed by atoms with Crippen molar-refractivity contribution >= 4 is 56.2 Å². The van der Waals surface area contributed by atoms with Crippen LogP contribution >= 0.6 is 34.2 Å². The average Bonchev–Trinajstić information content (AvgIpc) is 2.71. The molecule has 5 nitrogen and oxygen atoms in total. The molecule has 0 radical (unpaired) electrons. The second-order valence-electron chi connectivity index (χ2n) is 6.08. The first-order valence-electron chi connectivity index (χ1n) is 8.47. The standard InChI is InChI=1S/C21H17ClINO4S/c1-14-8-9-16(12-18(14)22)24-13-15-10-19(23)21(20(11-15)27-2)28-29(25,26)17-6-4-3-5-7-17/h3-13H,1-2H3. The van der Waals surface area contributed by atoms with Crippen LogP contribution in [0.15, 0.2) is 70.6 Å². The highest BCUT2D eigenvalue weighted by Gasteiger charge is 2.21. The van der Waals surface area contributed by atoms with Crippen LogP contribution in [0.4, 0.5) is 5.69 Å². The van der Waals surface area contributed by atoms with E-state index in [9.17, 15) is 8.42 Å². The van der Waals surface area contributed by atoms with Crippen molar-refractivity contribution in [2.45, 2.75) is 11.8 Å². The molecule has 8 heteroatoms. The van der Waals surface area contributed by atoms with E-state index in [1.807, 2.05) is 41.6 Å². The number of ether oxygens (including phenoxy) is 1. The van der Waals surface area contributed by atoms with E-state index in [0.717, 1.165) is 11.1 Å². The van der Waals surface area contributed by atoms with Crippen molar-refractivity contribution in [3.05, 3.63) is 80.4 Å². The summed E-state index contributed by atoms with van der Waals surface area (Å²) in [4.78, 5) is 4.49. The highest BCUT2D eigenvalue weighted by atomic mass is 127. The molecular formula is C21H17ClINO4S. The topological polar surface area (TPSA) is 65.0 Å². The van der Waals surface area contributed by atoms with Gasteiger partial charge in [0.15, 0.2) is 11.5 Å². The Morgan fingerprint density at radius 3 is 2.45 bits per heavy atom. The molecule has 0 aliphatic heterocycles. The number of rotatable bonds is 6. The van der Waals surface area contributed by atoms with Crippen molar-refractivity contribution < 1.29 is 17.3 Å². The van der Waals surface area contributed by atoms with Crippen LogP contribution in [0.1, 0.15) is 11.1 Å². The van der Waals surface area contributed by atoms with Gasteiger partial charge in [-0.3, -0.25) is 4.99 Å². The Morgan fingerprint density at radius 1 is 1.07 bits per heavy atom. The normalized spacial score (nSPS) is 11.6. The van der Waals surface area contributed by atoms with Gasteiger partial charge in [0, 0.05) is 11.2 Å². The van der Waals surface area contributed by atoms with Crippen LogP contribution in [0.3, 0.4) is 0 Å². The van der Waals surface area contributed by atoms with Crippen molar-refractivity contribution in [1.82, 2.24) is 0 Å². The zero-order valence-corrected chi connectivity index (χ0v) is 19.3. The molecule has 0 saturated heterocycles. The van der Waals surface area contributed by atoms with Gasteiger partial charge < -0.3 is 8.92 Å². The predicted molar refractivity (Wildman–Crippen MR) is 123 cm³/mol. The lowest BCUT2D eigenvalue weighted by Gasteiger charge is -2.13. The summed E-state index contributed by atoms with van der Waals surface area (Å²) >= 11 is 8.14. The number of benzene rings is 3. The van der Waals surface area contributed by atoms with E-state index < -0.39 is 10.1 Å². The molecule has 0 atom stereocenters. The molecular weight excluding hydrogens is 525 g/mol. The molecule has 0 bridgehead atoms. The molecule has 29 heavy (non-hydrogen) atoms. The lowest BCUT2D eigenvalue weighted by molar-refractivity contribution is 0.389. The number of aryl methyl sites for hydroxylation is 1. The van der Waals surface area contributed by atoms with Crippen molar-refractivity contribution in [3.8, 4) is 11.5 Å². The highest BCUT2D eigenvalue weighted by molar-refractivity contribution is 14.1. The van der Waals surface area contributed by atoms with Gasteiger partial charge in [-0.05, 0) is 77.0 Å². The van der Waals surface area contributed by atoms with Gasteiger partial charge in [0.2, 0.25) is 0 Å². The fraction of sp³-hybridized carbons (Fsp3) is 0.0952. The fourth-order valence-electron chi connectivity index (χ4n) is 2.45. The molecule has 0 fully saturated rings. The zero-order chi connectivity index (χ0) is 21.0. The second kappa shape index (κ2) is 9.15. The molecule has 3 aromatic rings. The molecule has 0 aliphatic rings. The minimum atomic E-state index is -3.98. The third-order valence-electron chi connectivity index (χ3n) is 3.99. The molecule has 0 spiro atoms. The van der Waals surface area contributed by atoms with E-state index in [4.69, 9.17) is 20.5 Å². The largest absolute Gasteiger partial charge is 0.493 e. The third-order valence-corrected chi connectivity index (χ3v) is 6.44. The molecule has 0 aliphatic carbocycles. The maximum Gasteiger partial charge on any atom is 0.339 e. The van der Waals surface area contributed by atoms with Gasteiger partial charge in [-0.2, -0.15) is 8.42 Å². The number of nitrogens with zero attached hydrogens (tertiary/aromatic N) is 1. The lowest BCUT2D eigenvalue weighted by atomic mass is 10.2. The molecule has 150 valence electrons. The van der Waals surface area contributed by atoms with Crippen molar-refractivity contribution in [3.63, 3.8) is 0 Å². The van der Waals surface area contributed by atoms with Crippen molar-refractivity contribution in [2.75, 3.05) is 7.11 Å². The summed E-state index contributed by atoms with van der Waals surface area (Å²) in [5.41, 5.74) is 2.41. The minimum absolute atomic E-state index is 0.0692. The van der Waals surface area contributed by atoms with Gasteiger partial charge in [0.25, 0.3) is 0 Å². The van der Waals surface area contributed by atoms with E-state index in [2.05, 4.69) is 4.99 Å². The Morgan fingerprint density at radius 2 is 1.79 bits per heavy atom. The Hall–Kier alpha value is -2.10. The summed E-state index contributed by atoms with van der Waals surface area (Å²) in [5.74, 6) is 0.423. The number of hydrogen-bond acceptors (Lipinski definition) is 5. The zero-order valence-electron chi connectivity index (χ0n) is 15.6. The summed E-state index contributed by atoms with van der Waals surface area (Å²) in [6.45, 7) is 1.92. The van der Waals surface area contributed by atoms with E-state index in [1.165, 1.54) is 19.2 Å². The summed E-state index contributed by atoms with van der Waals surface area (Å²) in [5, 5.41) is 0.640. The van der Waals surface area contributed by atoms with E-state index in [0.29, 0.717) is 20.0 Å². The molecule has 0 saturated carbocycles. The molecule has 0 unspecified atom stereocenters. The molecule has 0 aromatic heterocycles. The lowest BCUT2D eigenvalue weighted by Crippen LogP contribution is -2.11. The Balaban J connectivity index is 1.91. The summed E-state index contributed by atoms with van der Waals surface area (Å²) in [6.07, 6.45) is 1.65. The number of aliphatic imine (C=N–C) groups is 1. The van der Waals surface area contributed by atoms with Gasteiger partial charge >= 0.3 is 10.1 Å². The van der Waals surface area contributed by atoms with E-state index in [-0.39, 0.29) is 10.6 Å². The first-order chi connectivity index (χ1) is 13.8. The van der Waals surface area contributed by atoms with Gasteiger partial charge in [-0.15, -0.1) is 0 Å². The van der Waals surface area contributed by atoms with E-state index >= 15 is 0 Å². The van der Waals surface area contributed by atoms with Crippen LogP contribution < -0.4 is 8.92 Å². The third kappa shape index (κ3) is 5.29. The number of halogens is 2. The van der Waals surface area contributed by atoms with Crippen molar-refractivity contribution in [2.24, 2.45) is 4.99 Å². The number of hydrogen-bond donors (Lipinski definition) is 0. The van der Waals surface area contributed by atoms with Crippen LogP contribution in [0.5, 0.6) is 11.5 Å². The van der Waals surface area contributed by atoms with Crippen LogP contribution in [-0.4, -0.2) is 21.7 Å². The maximum absolute atomic E-state index is 12.6. The van der Waals surface area contributed by atoms with Crippen molar-refractivity contribution in [1.29, 1.82) is 0 Å². The summed E-state index contributed by atoms with van der Waals surface area (Å²) < 4.78 is 36.4. The Bertz CT molecular complexity index is 1160. The monoisotopic (exact) mass is 541 g/mol. The average molecular weight is 542 g/mol. The number of methoxy groups -OCH3 is 1. The SMILES string of the molecule is COc1cc(C=Nc2ccc(C)c(Cl)c2)cc(I)c1OS(=O)(=O)c1ccccc1. The van der Waals surface area contributed by atoms with Crippen LogP contribution in [0.2, 0.25) is 5.02 Å². The molecule has 3 aromatic carbocycles. The summed E-state index contributed by atoms with van der Waals surface area (Å²) in [6, 6.07) is 16.9. The van der Waals surface area contributed by atoms with Crippen LogP contribution in [-0.2, 0) is 10.1 Å². The molecule has 3 rings (SSSR count). The molecule has 0 heterocycles. The summed E-state index contributed by atoms with van der Waals surface area (Å²) in [7, 11) is -2.53. The van der Waals surface area contributed by atoms with Gasteiger partial charge in [-0.1, -0.05) is 35.9 Å². The minimum Gasteiger partial charge on any atom is -0.493 e. The smallest absolute Gasteiger partial charge is 0.339 e. The quantitative estimate of drug-likeness (QED) is 0.225. The maximum atomic E-state index is 12.6. The molecule has 0 N–H and O–H groups in total. The van der Waals surface area contributed by atoms with Crippen LogP contribution in [0, 0.1) is 10.5 Å². The van der Waals surface area contributed by atoms with Crippen LogP contribution in [0.25, 0.3) is 0 Å². The van der Waals surface area contributed by atoms with E-state index in [1.54, 1.807) is 42.6 Å². The predicted octanol–water partition coefficient (Wildman–Crippen LogP) is 5.78. The molecule has 0 amide bonds. The first kappa shape index (κ1) is 21.6.